The summed E-state index contributed by atoms with van der Waals surface area (Å²) in [5, 5.41) is 0. The van der Waals surface area contributed by atoms with Gasteiger partial charge in [0.05, 0.1) is 5.69 Å². The van der Waals surface area contributed by atoms with Crippen molar-refractivity contribution in [3.05, 3.63) is 46.1 Å². The van der Waals surface area contributed by atoms with Crippen molar-refractivity contribution in [1.82, 2.24) is 4.98 Å². The van der Waals surface area contributed by atoms with E-state index in [1.807, 2.05) is 6.92 Å². The molecular formula is C20H28N2O. The van der Waals surface area contributed by atoms with Gasteiger partial charge in [-0.15, -0.1) is 0 Å². The maximum absolute atomic E-state index is 6.39. The molecule has 3 nitrogen and oxygen atoms in total. The zero-order chi connectivity index (χ0) is 17.1. The summed E-state index contributed by atoms with van der Waals surface area (Å²) in [5.41, 5.74) is 12.6. The van der Waals surface area contributed by atoms with Crippen molar-refractivity contribution < 1.29 is 4.74 Å². The third kappa shape index (κ3) is 3.66. The van der Waals surface area contributed by atoms with Gasteiger partial charge >= 0.3 is 0 Å². The average molecular weight is 312 g/mol. The molecule has 1 heterocycles. The number of hydrogen-bond donors (Lipinski definition) is 1. The molecule has 0 fully saturated rings. The Morgan fingerprint density at radius 3 is 2.09 bits per heavy atom. The van der Waals surface area contributed by atoms with E-state index in [1.165, 1.54) is 5.56 Å². The molecule has 0 aliphatic carbocycles. The first kappa shape index (κ1) is 17.3. The molecule has 0 radical (unpaired) electrons. The van der Waals surface area contributed by atoms with E-state index in [4.69, 9.17) is 10.5 Å². The lowest BCUT2D eigenvalue weighted by Gasteiger charge is -2.19. The van der Waals surface area contributed by atoms with Gasteiger partial charge in [0, 0.05) is 5.69 Å². The van der Waals surface area contributed by atoms with E-state index >= 15 is 0 Å². The molecule has 2 aromatic rings. The van der Waals surface area contributed by atoms with Crippen molar-refractivity contribution in [2.24, 2.45) is 0 Å². The summed E-state index contributed by atoms with van der Waals surface area (Å²) in [6.07, 6.45) is 2.12. The molecule has 0 spiro atoms. The minimum atomic E-state index is 0.444. The molecule has 0 unspecified atom stereocenters. The molecule has 3 heteroatoms. The van der Waals surface area contributed by atoms with Crippen molar-refractivity contribution in [2.45, 2.75) is 60.3 Å². The van der Waals surface area contributed by atoms with Crippen LogP contribution in [-0.2, 0) is 0 Å². The Balaban J connectivity index is 2.49. The molecule has 1 aromatic heterocycles. The highest BCUT2D eigenvalue weighted by Crippen LogP contribution is 2.37. The second kappa shape index (κ2) is 7.03. The predicted molar refractivity (Wildman–Crippen MR) is 97.4 cm³/mol. The van der Waals surface area contributed by atoms with E-state index < -0.39 is 0 Å². The smallest absolute Gasteiger partial charge is 0.243 e. The summed E-state index contributed by atoms with van der Waals surface area (Å²) in [6, 6.07) is 6.33. The van der Waals surface area contributed by atoms with E-state index in [-0.39, 0.29) is 0 Å². The number of pyridine rings is 1. The zero-order valence-electron chi connectivity index (χ0n) is 15.2. The van der Waals surface area contributed by atoms with Crippen molar-refractivity contribution in [3.63, 3.8) is 0 Å². The second-order valence-corrected chi connectivity index (χ2v) is 6.42. The number of nitrogens with zero attached hydrogens (tertiary/aromatic N) is 1. The minimum Gasteiger partial charge on any atom is -0.437 e. The van der Waals surface area contributed by atoms with Crippen LogP contribution < -0.4 is 10.5 Å². The highest BCUT2D eigenvalue weighted by Gasteiger charge is 2.18. The third-order valence-corrected chi connectivity index (χ3v) is 4.41. The monoisotopic (exact) mass is 312 g/mol. The molecule has 0 bridgehead atoms. The molecule has 0 aliphatic heterocycles. The lowest BCUT2D eigenvalue weighted by atomic mass is 9.93. The number of aromatic nitrogens is 1. The predicted octanol–water partition coefficient (Wildman–Crippen LogP) is 5.59. The van der Waals surface area contributed by atoms with Crippen LogP contribution in [0.25, 0.3) is 0 Å². The summed E-state index contributed by atoms with van der Waals surface area (Å²) in [4.78, 5) is 4.54. The topological polar surface area (TPSA) is 48.1 Å². The molecule has 1 aromatic carbocycles. The quantitative estimate of drug-likeness (QED) is 0.782. The normalized spacial score (nSPS) is 11.1. The number of ether oxygens (including phenoxy) is 1. The average Bonchev–Trinajstić information content (AvgIpc) is 2.48. The third-order valence-electron chi connectivity index (χ3n) is 4.41. The van der Waals surface area contributed by atoms with Gasteiger partial charge in [-0.3, -0.25) is 0 Å². The fourth-order valence-electron chi connectivity index (χ4n) is 3.25. The van der Waals surface area contributed by atoms with Crippen LogP contribution >= 0.6 is 0 Å². The first-order chi connectivity index (χ1) is 10.9. The largest absolute Gasteiger partial charge is 0.437 e. The van der Waals surface area contributed by atoms with Crippen molar-refractivity contribution in [1.29, 1.82) is 0 Å². The van der Waals surface area contributed by atoms with Gasteiger partial charge in [0.15, 0.2) is 0 Å². The van der Waals surface area contributed by atoms with Crippen LogP contribution in [0.2, 0.25) is 0 Å². The molecule has 0 amide bonds. The van der Waals surface area contributed by atoms with Crippen LogP contribution in [0.3, 0.4) is 0 Å². The molecule has 23 heavy (non-hydrogen) atoms. The lowest BCUT2D eigenvalue weighted by molar-refractivity contribution is 0.455. The van der Waals surface area contributed by atoms with Crippen LogP contribution in [0.1, 0.15) is 60.6 Å². The van der Waals surface area contributed by atoms with E-state index in [0.29, 0.717) is 17.5 Å². The number of anilines is 1. The van der Waals surface area contributed by atoms with Gasteiger partial charge < -0.3 is 10.5 Å². The number of benzene rings is 1. The van der Waals surface area contributed by atoms with Gasteiger partial charge in [-0.25, -0.2) is 4.98 Å². The molecule has 0 atom stereocenters. The minimum absolute atomic E-state index is 0.444. The first-order valence-electron chi connectivity index (χ1n) is 8.40. The Bertz CT molecular complexity index is 680. The highest BCUT2D eigenvalue weighted by molar-refractivity contribution is 5.59. The van der Waals surface area contributed by atoms with E-state index in [9.17, 15) is 0 Å². The van der Waals surface area contributed by atoms with Crippen LogP contribution in [0.15, 0.2) is 18.2 Å². The summed E-state index contributed by atoms with van der Waals surface area (Å²) in [5.74, 6) is 1.83. The van der Waals surface area contributed by atoms with Crippen LogP contribution in [0, 0.1) is 27.7 Å². The Hall–Kier alpha value is -2.03. The van der Waals surface area contributed by atoms with Crippen molar-refractivity contribution >= 4 is 5.69 Å². The Kier molecular flexibility index (Phi) is 5.30. The molecule has 124 valence electrons. The Morgan fingerprint density at radius 2 is 1.57 bits per heavy atom. The maximum Gasteiger partial charge on any atom is 0.243 e. The van der Waals surface area contributed by atoms with Crippen LogP contribution in [0.5, 0.6) is 11.6 Å². The summed E-state index contributed by atoms with van der Waals surface area (Å²) < 4.78 is 6.15. The van der Waals surface area contributed by atoms with E-state index in [0.717, 1.165) is 41.0 Å². The van der Waals surface area contributed by atoms with Gasteiger partial charge in [-0.1, -0.05) is 31.5 Å². The fourth-order valence-corrected chi connectivity index (χ4v) is 3.25. The number of aryl methyl sites for hydroxylation is 4. The molecule has 0 saturated heterocycles. The number of rotatable bonds is 5. The van der Waals surface area contributed by atoms with Gasteiger partial charge in [0.25, 0.3) is 0 Å². The molecule has 2 rings (SSSR count). The fraction of sp³-hybridized carbons (Fsp3) is 0.450. The van der Waals surface area contributed by atoms with Crippen molar-refractivity contribution in [3.8, 4) is 11.6 Å². The van der Waals surface area contributed by atoms with Crippen LogP contribution in [-0.4, -0.2) is 4.98 Å². The van der Waals surface area contributed by atoms with Gasteiger partial charge in [0.2, 0.25) is 5.88 Å². The van der Waals surface area contributed by atoms with E-state index in [1.54, 1.807) is 0 Å². The summed E-state index contributed by atoms with van der Waals surface area (Å²) >= 11 is 0. The summed E-state index contributed by atoms with van der Waals surface area (Å²) in [7, 11) is 0. The second-order valence-electron chi connectivity index (χ2n) is 6.42. The Morgan fingerprint density at radius 1 is 1.00 bits per heavy atom. The number of nitrogens with two attached hydrogens (primary N) is 1. The number of nitrogen functional groups attached to an aromatic ring is 1. The first-order valence-corrected chi connectivity index (χ1v) is 8.40. The number of hydrogen-bond acceptors (Lipinski definition) is 3. The van der Waals surface area contributed by atoms with Gasteiger partial charge in [-0.2, -0.15) is 0 Å². The van der Waals surface area contributed by atoms with Gasteiger partial charge in [0.1, 0.15) is 5.75 Å². The zero-order valence-corrected chi connectivity index (χ0v) is 15.2. The van der Waals surface area contributed by atoms with E-state index in [2.05, 4.69) is 57.8 Å². The SMILES string of the molecule is CCC(CC)c1cc(C)nc(Oc2c(C)cc(C)cc2C)c1N. The molecule has 0 aliphatic rings. The molecule has 2 N–H and O–H groups in total. The maximum atomic E-state index is 6.39. The Labute approximate surface area is 139 Å². The lowest BCUT2D eigenvalue weighted by Crippen LogP contribution is -2.06. The molecule has 0 saturated carbocycles. The van der Waals surface area contributed by atoms with Crippen molar-refractivity contribution in [2.75, 3.05) is 5.73 Å². The van der Waals surface area contributed by atoms with Gasteiger partial charge in [-0.05, 0) is 69.2 Å². The van der Waals surface area contributed by atoms with Crippen LogP contribution in [0.4, 0.5) is 5.69 Å². The summed E-state index contributed by atoms with van der Waals surface area (Å²) in [6.45, 7) is 12.6. The highest BCUT2D eigenvalue weighted by atomic mass is 16.5. The molecular weight excluding hydrogens is 284 g/mol. The standard InChI is InChI=1S/C20H28N2O/c1-7-16(8-2)17-11-15(6)22-20(18(17)21)23-19-13(4)9-12(3)10-14(19)5/h9-11,16H,7-8,21H2,1-6H3.